The van der Waals surface area contributed by atoms with E-state index >= 15 is 0 Å². The van der Waals surface area contributed by atoms with Crippen LogP contribution in [0.1, 0.15) is 48.5 Å². The van der Waals surface area contributed by atoms with Crippen molar-refractivity contribution in [2.75, 3.05) is 26.2 Å². The molecule has 27 heavy (non-hydrogen) atoms. The Morgan fingerprint density at radius 2 is 1.93 bits per heavy atom. The summed E-state index contributed by atoms with van der Waals surface area (Å²) in [5.74, 6) is 0.116. The Balaban J connectivity index is 1.40. The Bertz CT molecular complexity index is 768. The monoisotopic (exact) mass is 369 g/mol. The molecule has 2 fully saturated rings. The molecule has 1 atom stereocenters. The highest BCUT2D eigenvalue weighted by Crippen LogP contribution is 2.40. The zero-order valence-electron chi connectivity index (χ0n) is 15.9. The van der Waals surface area contributed by atoms with Crippen molar-refractivity contribution in [3.05, 3.63) is 35.4 Å². The van der Waals surface area contributed by atoms with Crippen molar-refractivity contribution in [1.82, 2.24) is 15.1 Å². The van der Waals surface area contributed by atoms with Crippen LogP contribution in [0.4, 0.5) is 0 Å². The van der Waals surface area contributed by atoms with Crippen molar-refractivity contribution in [3.63, 3.8) is 0 Å². The fourth-order valence-electron chi connectivity index (χ4n) is 4.80. The van der Waals surface area contributed by atoms with Crippen molar-refractivity contribution in [1.29, 1.82) is 0 Å². The van der Waals surface area contributed by atoms with Crippen LogP contribution in [0.5, 0.6) is 0 Å². The molecule has 1 spiro atoms. The van der Waals surface area contributed by atoms with Gasteiger partial charge in [-0.25, -0.2) is 0 Å². The first-order valence-corrected chi connectivity index (χ1v) is 9.97. The molecule has 3 heterocycles. The third-order valence-electron chi connectivity index (χ3n) is 6.56. The van der Waals surface area contributed by atoms with Gasteiger partial charge in [-0.1, -0.05) is 18.2 Å². The van der Waals surface area contributed by atoms with Gasteiger partial charge in [0.1, 0.15) is 6.04 Å². The van der Waals surface area contributed by atoms with E-state index < -0.39 is 6.04 Å². The van der Waals surface area contributed by atoms with Gasteiger partial charge in [-0.2, -0.15) is 0 Å². The molecule has 0 aliphatic carbocycles. The summed E-state index contributed by atoms with van der Waals surface area (Å²) in [4.78, 5) is 41.1. The third kappa shape index (κ3) is 3.33. The van der Waals surface area contributed by atoms with Crippen LogP contribution in [0, 0.1) is 5.41 Å². The topological polar surface area (TPSA) is 69.7 Å². The van der Waals surface area contributed by atoms with E-state index in [1.165, 1.54) is 0 Å². The van der Waals surface area contributed by atoms with Gasteiger partial charge in [-0.3, -0.25) is 14.4 Å². The van der Waals surface area contributed by atoms with Gasteiger partial charge in [0.2, 0.25) is 11.8 Å². The molecule has 0 bridgehead atoms. The fraction of sp³-hybridized carbons (Fsp3) is 0.571. The lowest BCUT2D eigenvalue weighted by Gasteiger charge is -2.47. The molecule has 4 rings (SSSR count). The van der Waals surface area contributed by atoms with Crippen molar-refractivity contribution in [2.45, 2.75) is 45.1 Å². The van der Waals surface area contributed by atoms with Crippen LogP contribution < -0.4 is 5.32 Å². The molecular formula is C21H27N3O3. The highest BCUT2D eigenvalue weighted by Gasteiger charge is 2.42. The van der Waals surface area contributed by atoms with Gasteiger partial charge in [0.05, 0.1) is 0 Å². The number of hydrogen-bond acceptors (Lipinski definition) is 3. The molecule has 6 heteroatoms. The van der Waals surface area contributed by atoms with Crippen molar-refractivity contribution in [3.8, 4) is 0 Å². The molecule has 1 N–H and O–H groups in total. The number of likely N-dealkylation sites (tertiary alicyclic amines) is 2. The molecule has 3 amide bonds. The van der Waals surface area contributed by atoms with Crippen LogP contribution in [0.3, 0.4) is 0 Å². The summed E-state index contributed by atoms with van der Waals surface area (Å²) in [6.45, 7) is 5.02. The summed E-state index contributed by atoms with van der Waals surface area (Å²) in [6, 6.07) is 7.02. The first-order valence-electron chi connectivity index (χ1n) is 9.97. The number of nitrogens with one attached hydrogen (secondary N) is 1. The number of rotatable bonds is 2. The summed E-state index contributed by atoms with van der Waals surface area (Å²) in [5, 5.41) is 2.88. The molecule has 0 aromatic heterocycles. The Hall–Kier alpha value is -2.37. The third-order valence-corrected chi connectivity index (χ3v) is 6.56. The van der Waals surface area contributed by atoms with Gasteiger partial charge in [-0.05, 0) is 43.2 Å². The van der Waals surface area contributed by atoms with Crippen LogP contribution in [-0.4, -0.2) is 59.7 Å². The smallest absolute Gasteiger partial charge is 0.252 e. The standard InChI is InChI=1S/C21H27N3O3/c1-2-23-14-21(8-7-18(23)25)9-11-24(12-10-21)20(27)17-13-15-5-3-4-6-16(15)19(26)22-17/h3-6,17H,2,7-14H2,1H3,(H,22,26). The second-order valence-electron chi connectivity index (χ2n) is 8.12. The molecule has 144 valence electrons. The van der Waals surface area contributed by atoms with Gasteiger partial charge in [0.25, 0.3) is 5.91 Å². The second-order valence-corrected chi connectivity index (χ2v) is 8.12. The van der Waals surface area contributed by atoms with Gasteiger partial charge < -0.3 is 15.1 Å². The predicted octanol–water partition coefficient (Wildman–Crippen LogP) is 1.59. The Kier molecular flexibility index (Phi) is 4.66. The lowest BCUT2D eigenvalue weighted by Crippen LogP contribution is -2.56. The van der Waals surface area contributed by atoms with Crippen LogP contribution in [0.25, 0.3) is 0 Å². The van der Waals surface area contributed by atoms with E-state index in [0.29, 0.717) is 31.5 Å². The average Bonchev–Trinajstić information content (AvgIpc) is 2.70. The first-order chi connectivity index (χ1) is 13.0. The van der Waals surface area contributed by atoms with Crippen molar-refractivity contribution < 1.29 is 14.4 Å². The minimum Gasteiger partial charge on any atom is -0.342 e. The van der Waals surface area contributed by atoms with Gasteiger partial charge >= 0.3 is 0 Å². The second kappa shape index (κ2) is 6.98. The van der Waals surface area contributed by atoms with Crippen LogP contribution in [-0.2, 0) is 16.0 Å². The number of carbonyl (C=O) groups is 3. The molecule has 1 aromatic rings. The van der Waals surface area contributed by atoms with Crippen LogP contribution in [0.2, 0.25) is 0 Å². The molecule has 2 saturated heterocycles. The molecule has 3 aliphatic heterocycles. The average molecular weight is 369 g/mol. The number of nitrogens with zero attached hydrogens (tertiary/aromatic N) is 2. The van der Waals surface area contributed by atoms with E-state index in [4.69, 9.17) is 0 Å². The van der Waals surface area contributed by atoms with Gasteiger partial charge in [-0.15, -0.1) is 0 Å². The van der Waals surface area contributed by atoms with Crippen molar-refractivity contribution in [2.24, 2.45) is 5.41 Å². The summed E-state index contributed by atoms with van der Waals surface area (Å²) >= 11 is 0. The Labute approximate surface area is 159 Å². The summed E-state index contributed by atoms with van der Waals surface area (Å²) in [5.41, 5.74) is 1.77. The summed E-state index contributed by atoms with van der Waals surface area (Å²) < 4.78 is 0. The Morgan fingerprint density at radius 3 is 2.67 bits per heavy atom. The van der Waals surface area contributed by atoms with Crippen LogP contribution >= 0.6 is 0 Å². The minimum atomic E-state index is -0.471. The maximum Gasteiger partial charge on any atom is 0.252 e. The SMILES string of the molecule is CCN1CC2(CCC1=O)CCN(C(=O)C1Cc3ccccc3C(=O)N1)CC2. The van der Waals surface area contributed by atoms with E-state index in [1.54, 1.807) is 6.07 Å². The van der Waals surface area contributed by atoms with Gasteiger partial charge in [0.15, 0.2) is 0 Å². The zero-order valence-corrected chi connectivity index (χ0v) is 15.9. The molecule has 6 nitrogen and oxygen atoms in total. The number of fused-ring (bicyclic) bond motifs is 1. The number of amides is 3. The highest BCUT2D eigenvalue weighted by molar-refractivity contribution is 6.00. The van der Waals surface area contributed by atoms with Crippen molar-refractivity contribution >= 4 is 17.7 Å². The largest absolute Gasteiger partial charge is 0.342 e. The Morgan fingerprint density at radius 1 is 1.19 bits per heavy atom. The lowest BCUT2D eigenvalue weighted by molar-refractivity contribution is -0.143. The molecule has 0 radical (unpaired) electrons. The molecular weight excluding hydrogens is 342 g/mol. The quantitative estimate of drug-likeness (QED) is 0.861. The molecule has 1 unspecified atom stereocenters. The van der Waals surface area contributed by atoms with E-state index in [1.807, 2.05) is 34.9 Å². The summed E-state index contributed by atoms with van der Waals surface area (Å²) in [6.07, 6.45) is 3.97. The van der Waals surface area contributed by atoms with E-state index in [0.717, 1.165) is 37.9 Å². The molecule has 0 saturated carbocycles. The zero-order chi connectivity index (χ0) is 19.0. The fourth-order valence-corrected chi connectivity index (χ4v) is 4.80. The molecule has 1 aromatic carbocycles. The predicted molar refractivity (Wildman–Crippen MR) is 101 cm³/mol. The number of hydrogen-bond donors (Lipinski definition) is 1. The van der Waals surface area contributed by atoms with E-state index in [9.17, 15) is 14.4 Å². The first kappa shape index (κ1) is 18.0. The number of piperidine rings is 2. The maximum absolute atomic E-state index is 13.0. The minimum absolute atomic E-state index is 0.0203. The van der Waals surface area contributed by atoms with E-state index in [2.05, 4.69) is 5.32 Å². The number of benzene rings is 1. The highest BCUT2D eigenvalue weighted by atomic mass is 16.2. The number of carbonyl (C=O) groups excluding carboxylic acids is 3. The molecule has 3 aliphatic rings. The van der Waals surface area contributed by atoms with Crippen LogP contribution in [0.15, 0.2) is 24.3 Å². The summed E-state index contributed by atoms with van der Waals surface area (Å²) in [7, 11) is 0. The van der Waals surface area contributed by atoms with Gasteiger partial charge in [0, 0.05) is 44.6 Å². The van der Waals surface area contributed by atoms with E-state index in [-0.39, 0.29) is 23.1 Å². The normalized spacial score (nSPS) is 24.6. The maximum atomic E-state index is 13.0. The lowest BCUT2D eigenvalue weighted by atomic mass is 9.72.